The van der Waals surface area contributed by atoms with E-state index in [2.05, 4.69) is 20.9 Å². The topological polar surface area (TPSA) is 30.0 Å². The van der Waals surface area contributed by atoms with E-state index in [1.807, 2.05) is 66.9 Å². The van der Waals surface area contributed by atoms with Crippen LogP contribution in [-0.4, -0.2) is 10.8 Å². The number of hydrogen-bond donors (Lipinski definition) is 0. The second-order valence-electron chi connectivity index (χ2n) is 5.46. The van der Waals surface area contributed by atoms with E-state index in [1.165, 1.54) is 0 Å². The molecule has 1 heterocycles. The summed E-state index contributed by atoms with van der Waals surface area (Å²) in [5.74, 6) is 0.224. The van der Waals surface area contributed by atoms with Crippen LogP contribution < -0.4 is 0 Å². The lowest BCUT2D eigenvalue weighted by atomic mass is 10.0. The van der Waals surface area contributed by atoms with Crippen LogP contribution in [0.1, 0.15) is 11.1 Å². The lowest BCUT2D eigenvalue weighted by Crippen LogP contribution is -2.06. The van der Waals surface area contributed by atoms with Gasteiger partial charge in [0.25, 0.3) is 0 Å². The SMILES string of the molecule is O=C(Cc1ccc(Br)cc1)Cc1ccc(-c2cccnc2)cc1. The molecule has 3 aromatic rings. The van der Waals surface area contributed by atoms with E-state index in [9.17, 15) is 4.79 Å². The van der Waals surface area contributed by atoms with Crippen LogP contribution in [0.25, 0.3) is 11.1 Å². The number of Topliss-reactive ketones (excluding diaryl/α,β-unsaturated/α-hetero) is 1. The molecule has 0 radical (unpaired) electrons. The second-order valence-corrected chi connectivity index (χ2v) is 6.37. The Kier molecular flexibility index (Phi) is 4.99. The Morgan fingerprint density at radius 3 is 2.00 bits per heavy atom. The van der Waals surface area contributed by atoms with Crippen LogP contribution in [0.4, 0.5) is 0 Å². The summed E-state index contributed by atoms with van der Waals surface area (Å²) < 4.78 is 1.03. The Balaban J connectivity index is 1.64. The van der Waals surface area contributed by atoms with Crippen LogP contribution in [0.3, 0.4) is 0 Å². The molecule has 0 spiro atoms. The summed E-state index contributed by atoms with van der Waals surface area (Å²) >= 11 is 3.40. The summed E-state index contributed by atoms with van der Waals surface area (Å²) in [4.78, 5) is 16.3. The van der Waals surface area contributed by atoms with Crippen molar-refractivity contribution in [2.75, 3.05) is 0 Å². The highest BCUT2D eigenvalue weighted by atomic mass is 79.9. The molecule has 0 bridgehead atoms. The monoisotopic (exact) mass is 365 g/mol. The number of carbonyl (C=O) groups is 1. The molecule has 23 heavy (non-hydrogen) atoms. The molecular formula is C20H16BrNO. The highest BCUT2D eigenvalue weighted by molar-refractivity contribution is 9.10. The van der Waals surface area contributed by atoms with Gasteiger partial charge in [0.2, 0.25) is 0 Å². The summed E-state index contributed by atoms with van der Waals surface area (Å²) in [5.41, 5.74) is 4.28. The highest BCUT2D eigenvalue weighted by Crippen LogP contribution is 2.19. The molecule has 0 fully saturated rings. The van der Waals surface area contributed by atoms with Gasteiger partial charge in [-0.2, -0.15) is 0 Å². The number of pyridine rings is 1. The van der Waals surface area contributed by atoms with Gasteiger partial charge in [-0.1, -0.05) is 58.4 Å². The van der Waals surface area contributed by atoms with Gasteiger partial charge in [0.15, 0.2) is 0 Å². The minimum atomic E-state index is 0.224. The van der Waals surface area contributed by atoms with Crippen LogP contribution in [0, 0.1) is 0 Å². The summed E-state index contributed by atoms with van der Waals surface area (Å²) in [7, 11) is 0. The molecular weight excluding hydrogens is 350 g/mol. The molecule has 1 aromatic heterocycles. The fourth-order valence-electron chi connectivity index (χ4n) is 2.47. The van der Waals surface area contributed by atoms with Crippen molar-refractivity contribution in [1.29, 1.82) is 0 Å². The van der Waals surface area contributed by atoms with E-state index in [4.69, 9.17) is 0 Å². The molecule has 0 atom stereocenters. The maximum Gasteiger partial charge on any atom is 0.141 e. The van der Waals surface area contributed by atoms with Crippen molar-refractivity contribution in [3.05, 3.63) is 88.7 Å². The van der Waals surface area contributed by atoms with E-state index < -0.39 is 0 Å². The van der Waals surface area contributed by atoms with Crippen LogP contribution in [0.5, 0.6) is 0 Å². The zero-order chi connectivity index (χ0) is 16.1. The number of carbonyl (C=O) groups excluding carboxylic acids is 1. The molecule has 0 saturated carbocycles. The lowest BCUT2D eigenvalue weighted by molar-refractivity contribution is -0.117. The zero-order valence-corrected chi connectivity index (χ0v) is 14.2. The molecule has 0 aliphatic rings. The quantitative estimate of drug-likeness (QED) is 0.645. The van der Waals surface area contributed by atoms with E-state index in [1.54, 1.807) is 6.20 Å². The van der Waals surface area contributed by atoms with Crippen LogP contribution >= 0.6 is 15.9 Å². The molecule has 2 nitrogen and oxygen atoms in total. The smallest absolute Gasteiger partial charge is 0.141 e. The molecule has 2 aromatic carbocycles. The molecule has 0 saturated heterocycles. The third kappa shape index (κ3) is 4.36. The third-order valence-electron chi connectivity index (χ3n) is 3.66. The van der Waals surface area contributed by atoms with Crippen LogP contribution in [-0.2, 0) is 17.6 Å². The van der Waals surface area contributed by atoms with Gasteiger partial charge in [-0.25, -0.2) is 0 Å². The third-order valence-corrected chi connectivity index (χ3v) is 4.19. The first-order valence-corrected chi connectivity index (χ1v) is 8.25. The minimum absolute atomic E-state index is 0.224. The van der Waals surface area contributed by atoms with Gasteiger partial charge >= 0.3 is 0 Å². The van der Waals surface area contributed by atoms with Gasteiger partial charge in [0, 0.05) is 29.7 Å². The summed E-state index contributed by atoms with van der Waals surface area (Å²) in [6, 6.07) is 19.9. The predicted octanol–water partition coefficient (Wildman–Crippen LogP) is 4.87. The van der Waals surface area contributed by atoms with Gasteiger partial charge in [0.1, 0.15) is 5.78 Å². The van der Waals surface area contributed by atoms with Crippen molar-refractivity contribution < 1.29 is 4.79 Å². The van der Waals surface area contributed by atoms with E-state index >= 15 is 0 Å². The minimum Gasteiger partial charge on any atom is -0.299 e. The van der Waals surface area contributed by atoms with Crippen LogP contribution in [0.2, 0.25) is 0 Å². The molecule has 0 aliphatic heterocycles. The summed E-state index contributed by atoms with van der Waals surface area (Å²) in [5, 5.41) is 0. The molecule has 0 N–H and O–H groups in total. The maximum atomic E-state index is 12.2. The average molecular weight is 366 g/mol. The van der Waals surface area contributed by atoms with Crippen molar-refractivity contribution in [1.82, 2.24) is 4.98 Å². The number of benzene rings is 2. The molecule has 3 heteroatoms. The van der Waals surface area contributed by atoms with Gasteiger partial charge in [-0.05, 0) is 40.5 Å². The molecule has 3 rings (SSSR count). The maximum absolute atomic E-state index is 12.2. The standard InChI is InChI=1S/C20H16BrNO/c21-19-9-5-16(6-10-19)13-20(23)12-15-3-7-17(8-4-15)18-2-1-11-22-14-18/h1-11,14H,12-13H2. The average Bonchev–Trinajstić information content (AvgIpc) is 2.58. The number of hydrogen-bond acceptors (Lipinski definition) is 2. The van der Waals surface area contributed by atoms with Gasteiger partial charge in [-0.3, -0.25) is 9.78 Å². The fourth-order valence-corrected chi connectivity index (χ4v) is 2.73. The van der Waals surface area contributed by atoms with Crippen molar-refractivity contribution in [2.24, 2.45) is 0 Å². The van der Waals surface area contributed by atoms with Crippen molar-refractivity contribution in [3.8, 4) is 11.1 Å². The van der Waals surface area contributed by atoms with E-state index in [-0.39, 0.29) is 5.78 Å². The Bertz CT molecular complexity index is 780. The normalized spacial score (nSPS) is 10.5. The Morgan fingerprint density at radius 1 is 0.826 bits per heavy atom. The second kappa shape index (κ2) is 7.34. The molecule has 0 amide bonds. The Labute approximate surface area is 144 Å². The lowest BCUT2D eigenvalue weighted by Gasteiger charge is -2.05. The number of halogens is 1. The first kappa shape index (κ1) is 15.6. The number of rotatable bonds is 5. The van der Waals surface area contributed by atoms with E-state index in [0.29, 0.717) is 12.8 Å². The molecule has 114 valence electrons. The van der Waals surface area contributed by atoms with Crippen molar-refractivity contribution >= 4 is 21.7 Å². The van der Waals surface area contributed by atoms with Crippen molar-refractivity contribution in [3.63, 3.8) is 0 Å². The van der Waals surface area contributed by atoms with Crippen LogP contribution in [0.15, 0.2) is 77.5 Å². The van der Waals surface area contributed by atoms with Gasteiger partial charge in [-0.15, -0.1) is 0 Å². The largest absolute Gasteiger partial charge is 0.299 e. The first-order chi connectivity index (χ1) is 11.2. The number of aromatic nitrogens is 1. The Hall–Kier alpha value is -2.26. The zero-order valence-electron chi connectivity index (χ0n) is 12.6. The molecule has 0 aliphatic carbocycles. The van der Waals surface area contributed by atoms with E-state index in [0.717, 1.165) is 26.7 Å². The van der Waals surface area contributed by atoms with Crippen molar-refractivity contribution in [2.45, 2.75) is 12.8 Å². The predicted molar refractivity (Wildman–Crippen MR) is 96.2 cm³/mol. The van der Waals surface area contributed by atoms with Gasteiger partial charge < -0.3 is 0 Å². The fraction of sp³-hybridized carbons (Fsp3) is 0.100. The number of ketones is 1. The molecule has 0 unspecified atom stereocenters. The summed E-state index contributed by atoms with van der Waals surface area (Å²) in [6.45, 7) is 0. The Morgan fingerprint density at radius 2 is 1.43 bits per heavy atom. The first-order valence-electron chi connectivity index (χ1n) is 7.46. The number of nitrogens with zero attached hydrogens (tertiary/aromatic N) is 1. The summed E-state index contributed by atoms with van der Waals surface area (Å²) in [6.07, 6.45) is 4.54. The highest BCUT2D eigenvalue weighted by Gasteiger charge is 2.06. The van der Waals surface area contributed by atoms with Gasteiger partial charge in [0.05, 0.1) is 0 Å².